The molecule has 0 spiro atoms. The summed E-state index contributed by atoms with van der Waals surface area (Å²) in [5.74, 6) is -0.279. The third kappa shape index (κ3) is 2.43. The van der Waals surface area contributed by atoms with Gasteiger partial charge in [-0.25, -0.2) is 0 Å². The number of benzene rings is 2. The Bertz CT molecular complexity index is 817. The largest absolute Gasteiger partial charge is 0.374 e. The van der Waals surface area contributed by atoms with Crippen LogP contribution in [0.5, 0.6) is 0 Å². The number of hydrogen-bond donors (Lipinski definition) is 2. The molecule has 0 saturated carbocycles. The highest BCUT2D eigenvalue weighted by Crippen LogP contribution is 2.56. The fourth-order valence-corrected chi connectivity index (χ4v) is 3.42. The molecule has 2 aromatic carbocycles. The summed E-state index contributed by atoms with van der Waals surface area (Å²) in [6.45, 7) is 3.68. The molecule has 0 aromatic heterocycles. The van der Waals surface area contributed by atoms with Gasteiger partial charge in [-0.1, -0.05) is 39.6 Å². The zero-order valence-corrected chi connectivity index (χ0v) is 14.5. The summed E-state index contributed by atoms with van der Waals surface area (Å²) in [5, 5.41) is 13.6. The number of rotatable bonds is 3. The zero-order valence-electron chi connectivity index (χ0n) is 13.3. The third-order valence-electron chi connectivity index (χ3n) is 4.18. The molecular formula is C18H18F2NO2P. The third-order valence-corrected chi connectivity index (χ3v) is 4.60. The number of halogens is 2. The SMILES string of the molecule is CC(C)NC(=O)c1ccc2c(c1)-c1ccccc1C2(O)C(F)(F)P. The fraction of sp³-hybridized carbons (Fsp3) is 0.278. The van der Waals surface area contributed by atoms with Gasteiger partial charge in [0.05, 0.1) is 0 Å². The first kappa shape index (κ1) is 17.0. The predicted octanol–water partition coefficient (Wildman–Crippen LogP) is 3.51. The Hall–Kier alpha value is -1.84. The average Bonchev–Trinajstić information content (AvgIpc) is 2.77. The Kier molecular flexibility index (Phi) is 3.97. The summed E-state index contributed by atoms with van der Waals surface area (Å²) in [6.07, 6.45) is 0. The Morgan fingerprint density at radius 1 is 1.17 bits per heavy atom. The van der Waals surface area contributed by atoms with Crippen LogP contribution in [0, 0.1) is 0 Å². The summed E-state index contributed by atoms with van der Waals surface area (Å²) in [4.78, 5) is 12.2. The van der Waals surface area contributed by atoms with E-state index in [1.54, 1.807) is 24.3 Å². The molecule has 0 radical (unpaired) electrons. The highest BCUT2D eigenvalue weighted by atomic mass is 31.0. The van der Waals surface area contributed by atoms with E-state index in [-0.39, 0.29) is 23.1 Å². The van der Waals surface area contributed by atoms with E-state index in [4.69, 9.17) is 0 Å². The molecule has 1 aliphatic carbocycles. The summed E-state index contributed by atoms with van der Waals surface area (Å²) in [6, 6.07) is 10.9. The molecule has 24 heavy (non-hydrogen) atoms. The van der Waals surface area contributed by atoms with Gasteiger partial charge in [0.25, 0.3) is 11.6 Å². The Labute approximate surface area is 141 Å². The van der Waals surface area contributed by atoms with Crippen molar-refractivity contribution in [3.05, 3.63) is 59.2 Å². The normalized spacial score (nSPS) is 19.1. The maximum atomic E-state index is 14.2. The number of nitrogens with one attached hydrogen (secondary N) is 1. The molecule has 2 unspecified atom stereocenters. The number of hydrogen-bond acceptors (Lipinski definition) is 2. The van der Waals surface area contributed by atoms with Gasteiger partial charge in [-0.05, 0) is 37.1 Å². The number of carbonyl (C=O) groups is 1. The average molecular weight is 349 g/mol. The van der Waals surface area contributed by atoms with Gasteiger partial charge in [-0.15, -0.1) is 0 Å². The quantitative estimate of drug-likeness (QED) is 0.833. The Balaban J connectivity index is 2.20. The molecule has 2 aromatic rings. The van der Waals surface area contributed by atoms with Crippen LogP contribution in [0.3, 0.4) is 0 Å². The van der Waals surface area contributed by atoms with Crippen molar-refractivity contribution in [2.75, 3.05) is 0 Å². The highest BCUT2D eigenvalue weighted by Gasteiger charge is 2.56. The monoisotopic (exact) mass is 349 g/mol. The van der Waals surface area contributed by atoms with Crippen molar-refractivity contribution in [1.29, 1.82) is 0 Å². The summed E-state index contributed by atoms with van der Waals surface area (Å²) in [7, 11) is 1.42. The van der Waals surface area contributed by atoms with E-state index in [9.17, 15) is 18.7 Å². The number of alkyl halides is 2. The maximum absolute atomic E-state index is 14.2. The minimum absolute atomic E-state index is 0.0358. The minimum atomic E-state index is -3.45. The van der Waals surface area contributed by atoms with Crippen molar-refractivity contribution in [2.45, 2.75) is 31.2 Å². The predicted molar refractivity (Wildman–Crippen MR) is 92.1 cm³/mol. The van der Waals surface area contributed by atoms with E-state index in [0.29, 0.717) is 16.7 Å². The van der Waals surface area contributed by atoms with Gasteiger partial charge < -0.3 is 10.4 Å². The van der Waals surface area contributed by atoms with Gasteiger partial charge >= 0.3 is 0 Å². The van der Waals surface area contributed by atoms with E-state index in [0.717, 1.165) is 0 Å². The summed E-state index contributed by atoms with van der Waals surface area (Å²) >= 11 is 0. The topological polar surface area (TPSA) is 49.3 Å². The Morgan fingerprint density at radius 2 is 1.79 bits per heavy atom. The summed E-state index contributed by atoms with van der Waals surface area (Å²) in [5.41, 5.74) is -4.31. The lowest BCUT2D eigenvalue weighted by Crippen LogP contribution is -2.40. The second-order valence-electron chi connectivity index (χ2n) is 6.27. The lowest BCUT2D eigenvalue weighted by Gasteiger charge is -2.31. The second-order valence-corrected chi connectivity index (χ2v) is 6.99. The van der Waals surface area contributed by atoms with Crippen LogP contribution >= 0.6 is 9.24 Å². The fourth-order valence-electron chi connectivity index (χ4n) is 3.11. The minimum Gasteiger partial charge on any atom is -0.374 e. The van der Waals surface area contributed by atoms with E-state index >= 15 is 0 Å². The maximum Gasteiger partial charge on any atom is 0.295 e. The first-order valence-corrected chi connectivity index (χ1v) is 8.18. The lowest BCUT2D eigenvalue weighted by atomic mass is 9.91. The molecule has 3 rings (SSSR count). The van der Waals surface area contributed by atoms with Crippen molar-refractivity contribution in [3.63, 3.8) is 0 Å². The smallest absolute Gasteiger partial charge is 0.295 e. The van der Waals surface area contributed by atoms with Crippen LogP contribution in [0.2, 0.25) is 0 Å². The van der Waals surface area contributed by atoms with Crippen LogP contribution in [-0.4, -0.2) is 22.7 Å². The molecule has 6 heteroatoms. The van der Waals surface area contributed by atoms with Gasteiger partial charge in [0, 0.05) is 22.7 Å². The molecule has 0 fully saturated rings. The molecule has 2 atom stereocenters. The second kappa shape index (κ2) is 5.61. The highest BCUT2D eigenvalue weighted by molar-refractivity contribution is 7.18. The van der Waals surface area contributed by atoms with Crippen molar-refractivity contribution < 1.29 is 18.7 Å². The summed E-state index contributed by atoms with van der Waals surface area (Å²) < 4.78 is 28.5. The molecular weight excluding hydrogens is 331 g/mol. The van der Waals surface area contributed by atoms with Crippen molar-refractivity contribution >= 4 is 15.1 Å². The van der Waals surface area contributed by atoms with Crippen molar-refractivity contribution in [3.8, 4) is 11.1 Å². The van der Waals surface area contributed by atoms with Crippen molar-refractivity contribution in [2.24, 2.45) is 0 Å². The first-order chi connectivity index (χ1) is 11.2. The Morgan fingerprint density at radius 3 is 2.42 bits per heavy atom. The number of fused-ring (bicyclic) bond motifs is 3. The molecule has 126 valence electrons. The standard InChI is InChI=1S/C18H18F2NO2P/c1-10(2)21-16(22)11-7-8-15-13(9-11)12-5-3-4-6-14(12)17(15,23)18(19,20)24/h3-10,23H,24H2,1-2H3,(H,21,22). The molecule has 0 heterocycles. The van der Waals surface area contributed by atoms with Gasteiger partial charge in [-0.3, -0.25) is 4.79 Å². The lowest BCUT2D eigenvalue weighted by molar-refractivity contribution is -0.0964. The van der Waals surface area contributed by atoms with Crippen LogP contribution in [0.4, 0.5) is 8.78 Å². The van der Waals surface area contributed by atoms with Crippen LogP contribution in [0.25, 0.3) is 11.1 Å². The van der Waals surface area contributed by atoms with Crippen molar-refractivity contribution in [1.82, 2.24) is 5.32 Å². The van der Waals surface area contributed by atoms with Crippen LogP contribution < -0.4 is 5.32 Å². The number of carbonyl (C=O) groups excluding carboxylic acids is 1. The first-order valence-electron chi connectivity index (χ1n) is 7.60. The number of amides is 1. The zero-order chi connectivity index (χ0) is 17.7. The number of aliphatic hydroxyl groups is 1. The molecule has 1 amide bonds. The van der Waals surface area contributed by atoms with E-state index in [2.05, 4.69) is 5.32 Å². The molecule has 1 aliphatic rings. The molecule has 0 saturated heterocycles. The molecule has 0 aliphatic heterocycles. The van der Waals surface area contributed by atoms with E-state index in [1.165, 1.54) is 27.4 Å². The van der Waals surface area contributed by atoms with E-state index < -0.39 is 11.3 Å². The van der Waals surface area contributed by atoms with Gasteiger partial charge in [0.15, 0.2) is 5.60 Å². The van der Waals surface area contributed by atoms with Crippen LogP contribution in [0.15, 0.2) is 42.5 Å². The molecule has 2 N–H and O–H groups in total. The van der Waals surface area contributed by atoms with Gasteiger partial charge in [-0.2, -0.15) is 8.78 Å². The molecule has 0 bridgehead atoms. The van der Waals surface area contributed by atoms with Crippen LogP contribution in [0.1, 0.15) is 35.3 Å². The van der Waals surface area contributed by atoms with Gasteiger partial charge in [0.2, 0.25) is 0 Å². The van der Waals surface area contributed by atoms with E-state index in [1.807, 2.05) is 13.8 Å². The van der Waals surface area contributed by atoms with Gasteiger partial charge in [0.1, 0.15) is 0 Å². The van der Waals surface area contributed by atoms with Crippen LogP contribution in [-0.2, 0) is 5.60 Å². The molecule has 3 nitrogen and oxygen atoms in total.